The number of ketones is 1. The van der Waals surface area contributed by atoms with E-state index in [-0.39, 0.29) is 5.54 Å². The van der Waals surface area contributed by atoms with E-state index in [4.69, 9.17) is 0 Å². The average Bonchev–Trinajstić information content (AvgIpc) is 3.00. The van der Waals surface area contributed by atoms with E-state index in [1.807, 2.05) is 6.20 Å². The van der Waals surface area contributed by atoms with Gasteiger partial charge in [-0.2, -0.15) is 0 Å². The second kappa shape index (κ2) is 5.65. The van der Waals surface area contributed by atoms with Crippen LogP contribution in [0.5, 0.6) is 0 Å². The van der Waals surface area contributed by atoms with E-state index in [2.05, 4.69) is 28.7 Å². The van der Waals surface area contributed by atoms with Crippen molar-refractivity contribution >= 4 is 5.78 Å². The van der Waals surface area contributed by atoms with Crippen LogP contribution in [0.4, 0.5) is 0 Å². The number of carbonyl (C=O) groups excluding carboxylic acids is 1. The van der Waals surface area contributed by atoms with E-state index in [0.717, 1.165) is 44.6 Å². The molecule has 1 saturated heterocycles. The van der Waals surface area contributed by atoms with Crippen molar-refractivity contribution in [1.82, 2.24) is 14.9 Å². The van der Waals surface area contributed by atoms with Gasteiger partial charge in [-0.15, -0.1) is 0 Å². The van der Waals surface area contributed by atoms with Crippen molar-refractivity contribution < 1.29 is 4.79 Å². The number of nitrogens with one attached hydrogen (secondary N) is 1. The molecule has 1 atom stereocenters. The van der Waals surface area contributed by atoms with Gasteiger partial charge in [0.05, 0.1) is 12.0 Å². The molecule has 1 aliphatic rings. The van der Waals surface area contributed by atoms with Crippen LogP contribution in [0.15, 0.2) is 12.4 Å². The fourth-order valence-electron chi connectivity index (χ4n) is 2.81. The largest absolute Gasteiger partial charge is 0.335 e. The second-order valence-electron chi connectivity index (χ2n) is 5.10. The lowest BCUT2D eigenvalue weighted by Gasteiger charge is -2.26. The maximum atomic E-state index is 12.5. The molecule has 0 spiro atoms. The normalized spacial score (nSPS) is 23.4. The maximum absolute atomic E-state index is 12.5. The predicted molar refractivity (Wildman–Crippen MR) is 71.5 cm³/mol. The van der Waals surface area contributed by atoms with E-state index < -0.39 is 0 Å². The Morgan fingerprint density at radius 1 is 1.56 bits per heavy atom. The zero-order valence-electron chi connectivity index (χ0n) is 11.4. The Kier molecular flexibility index (Phi) is 4.17. The van der Waals surface area contributed by atoms with Gasteiger partial charge < -0.3 is 9.88 Å². The third-order valence-electron chi connectivity index (χ3n) is 3.97. The maximum Gasteiger partial charge on any atom is 0.160 e. The molecule has 100 valence electrons. The highest BCUT2D eigenvalue weighted by atomic mass is 16.1. The van der Waals surface area contributed by atoms with Crippen molar-refractivity contribution in [2.75, 3.05) is 6.54 Å². The van der Waals surface area contributed by atoms with E-state index in [1.165, 1.54) is 0 Å². The molecular weight excluding hydrogens is 226 g/mol. The molecule has 2 heterocycles. The van der Waals surface area contributed by atoms with Gasteiger partial charge in [-0.3, -0.25) is 4.79 Å². The molecule has 0 saturated carbocycles. The number of Topliss-reactive ketones (excluding diaryl/α,β-unsaturated/α-hetero) is 1. The summed E-state index contributed by atoms with van der Waals surface area (Å²) in [5, 5.41) is 3.40. The summed E-state index contributed by atoms with van der Waals surface area (Å²) in [5.41, 5.74) is -0.289. The van der Waals surface area contributed by atoms with Gasteiger partial charge in [0.15, 0.2) is 5.78 Å². The van der Waals surface area contributed by atoms with Crippen LogP contribution in [-0.2, 0) is 17.8 Å². The minimum Gasteiger partial charge on any atom is -0.335 e. The number of imidazole rings is 1. The minimum atomic E-state index is -0.289. The van der Waals surface area contributed by atoms with Crippen molar-refractivity contribution in [3.05, 3.63) is 18.2 Å². The molecule has 4 heteroatoms. The first-order valence-electron chi connectivity index (χ1n) is 7.00. The molecule has 18 heavy (non-hydrogen) atoms. The predicted octanol–water partition coefficient (Wildman–Crippen LogP) is 1.94. The van der Waals surface area contributed by atoms with Crippen LogP contribution in [0.2, 0.25) is 0 Å². The van der Waals surface area contributed by atoms with Gasteiger partial charge in [-0.25, -0.2) is 4.98 Å². The molecule has 1 N–H and O–H groups in total. The van der Waals surface area contributed by atoms with Crippen molar-refractivity contribution in [1.29, 1.82) is 0 Å². The summed E-state index contributed by atoms with van der Waals surface area (Å²) in [6, 6.07) is 0. The van der Waals surface area contributed by atoms with Crippen LogP contribution in [0.25, 0.3) is 0 Å². The topological polar surface area (TPSA) is 46.9 Å². The molecule has 1 fully saturated rings. The Labute approximate surface area is 109 Å². The summed E-state index contributed by atoms with van der Waals surface area (Å²) in [6.45, 7) is 6.13. The van der Waals surface area contributed by atoms with Gasteiger partial charge in [0.25, 0.3) is 0 Å². The average molecular weight is 249 g/mol. The van der Waals surface area contributed by atoms with Crippen LogP contribution >= 0.6 is 0 Å². The number of nitrogens with zero attached hydrogens (tertiary/aromatic N) is 2. The van der Waals surface area contributed by atoms with Crippen LogP contribution in [0, 0.1) is 0 Å². The van der Waals surface area contributed by atoms with Crippen molar-refractivity contribution in [3.8, 4) is 0 Å². The first-order chi connectivity index (χ1) is 8.72. The summed E-state index contributed by atoms with van der Waals surface area (Å²) in [7, 11) is 0. The van der Waals surface area contributed by atoms with E-state index in [9.17, 15) is 4.79 Å². The Morgan fingerprint density at radius 2 is 2.39 bits per heavy atom. The zero-order valence-corrected chi connectivity index (χ0v) is 11.4. The molecule has 1 aromatic rings. The molecule has 0 amide bonds. The molecule has 4 nitrogen and oxygen atoms in total. The molecule has 1 aromatic heterocycles. The van der Waals surface area contributed by atoms with E-state index in [0.29, 0.717) is 12.2 Å². The number of aryl methyl sites for hydroxylation is 1. The highest BCUT2D eigenvalue weighted by Crippen LogP contribution is 2.25. The fourth-order valence-corrected chi connectivity index (χ4v) is 2.81. The molecular formula is C14H23N3O. The SMILES string of the molecule is CCCn1ccnc1CC(=O)C1(CC)CCCN1. The van der Waals surface area contributed by atoms with Crippen LogP contribution in [0.3, 0.4) is 0 Å². The van der Waals surface area contributed by atoms with Crippen LogP contribution in [-0.4, -0.2) is 27.4 Å². The van der Waals surface area contributed by atoms with E-state index in [1.54, 1.807) is 6.20 Å². The second-order valence-corrected chi connectivity index (χ2v) is 5.10. The standard InChI is InChI=1S/C14H23N3O/c1-3-9-17-10-8-15-13(17)11-12(18)14(4-2)6-5-7-16-14/h8,10,16H,3-7,9,11H2,1-2H3. The van der Waals surface area contributed by atoms with Crippen molar-refractivity contribution in [2.24, 2.45) is 0 Å². The molecule has 0 bridgehead atoms. The lowest BCUT2D eigenvalue weighted by Crippen LogP contribution is -2.48. The number of aromatic nitrogens is 2. The molecule has 1 aliphatic heterocycles. The van der Waals surface area contributed by atoms with Gasteiger partial charge >= 0.3 is 0 Å². The Bertz CT molecular complexity index is 405. The first-order valence-corrected chi connectivity index (χ1v) is 7.00. The summed E-state index contributed by atoms with van der Waals surface area (Å²) in [6.07, 6.45) is 8.22. The molecule has 1 unspecified atom stereocenters. The number of hydrogen-bond acceptors (Lipinski definition) is 3. The van der Waals surface area contributed by atoms with Crippen molar-refractivity contribution in [2.45, 2.75) is 58.0 Å². The number of hydrogen-bond donors (Lipinski definition) is 1. The third-order valence-corrected chi connectivity index (χ3v) is 3.97. The first kappa shape index (κ1) is 13.3. The van der Waals surface area contributed by atoms with Crippen molar-refractivity contribution in [3.63, 3.8) is 0 Å². The minimum absolute atomic E-state index is 0.289. The highest BCUT2D eigenvalue weighted by Gasteiger charge is 2.38. The van der Waals surface area contributed by atoms with Gasteiger partial charge in [0.2, 0.25) is 0 Å². The van der Waals surface area contributed by atoms with Gasteiger partial charge in [0.1, 0.15) is 5.82 Å². The zero-order chi connectivity index (χ0) is 13.0. The summed E-state index contributed by atoms with van der Waals surface area (Å²) < 4.78 is 2.09. The Hall–Kier alpha value is -1.16. The summed E-state index contributed by atoms with van der Waals surface area (Å²) >= 11 is 0. The number of carbonyl (C=O) groups is 1. The molecule has 0 aliphatic carbocycles. The third kappa shape index (κ3) is 2.48. The molecule has 0 aromatic carbocycles. The number of rotatable bonds is 6. The Balaban J connectivity index is 2.08. The molecule has 0 radical (unpaired) electrons. The Morgan fingerprint density at radius 3 is 3.00 bits per heavy atom. The summed E-state index contributed by atoms with van der Waals surface area (Å²) in [5.74, 6) is 1.20. The lowest BCUT2D eigenvalue weighted by molar-refractivity contribution is -0.124. The van der Waals surface area contributed by atoms with Gasteiger partial charge in [0, 0.05) is 18.9 Å². The van der Waals surface area contributed by atoms with Gasteiger partial charge in [-0.1, -0.05) is 13.8 Å². The smallest absolute Gasteiger partial charge is 0.160 e. The van der Waals surface area contributed by atoms with Crippen LogP contribution < -0.4 is 5.32 Å². The van der Waals surface area contributed by atoms with Gasteiger partial charge in [-0.05, 0) is 32.2 Å². The van der Waals surface area contributed by atoms with E-state index >= 15 is 0 Å². The molecule has 2 rings (SSSR count). The summed E-state index contributed by atoms with van der Waals surface area (Å²) in [4.78, 5) is 16.8. The lowest BCUT2D eigenvalue weighted by atomic mass is 9.87. The fraction of sp³-hybridized carbons (Fsp3) is 0.714. The van der Waals surface area contributed by atoms with Crippen LogP contribution in [0.1, 0.15) is 45.4 Å². The monoisotopic (exact) mass is 249 g/mol. The quantitative estimate of drug-likeness (QED) is 0.838. The highest BCUT2D eigenvalue weighted by molar-refractivity contribution is 5.90.